The Labute approximate surface area is 140 Å². The van der Waals surface area contributed by atoms with Gasteiger partial charge in [0.1, 0.15) is 6.04 Å². The molecule has 1 saturated heterocycles. The maximum atomic E-state index is 12.4. The molecule has 134 valence electrons. The molecule has 0 aliphatic carbocycles. The smallest absolute Gasteiger partial charge is 0.407 e. The lowest BCUT2D eigenvalue weighted by molar-refractivity contribution is -0.123. The molecule has 1 rings (SSSR count). The van der Waals surface area contributed by atoms with Crippen LogP contribution in [0, 0.1) is 11.8 Å². The first-order valence-corrected chi connectivity index (χ1v) is 8.69. The molecule has 1 aliphatic rings. The van der Waals surface area contributed by atoms with Gasteiger partial charge in [0.15, 0.2) is 0 Å². The summed E-state index contributed by atoms with van der Waals surface area (Å²) < 4.78 is 4.61. The van der Waals surface area contributed by atoms with Gasteiger partial charge in [-0.3, -0.25) is 4.79 Å². The molecule has 6 heteroatoms. The van der Waals surface area contributed by atoms with Crippen LogP contribution in [-0.4, -0.2) is 55.7 Å². The molecule has 0 saturated carbocycles. The van der Waals surface area contributed by atoms with Gasteiger partial charge in [0.2, 0.25) is 5.91 Å². The van der Waals surface area contributed by atoms with E-state index in [1.54, 1.807) is 0 Å². The van der Waals surface area contributed by atoms with Crippen LogP contribution in [0.3, 0.4) is 0 Å². The predicted octanol–water partition coefficient (Wildman–Crippen LogP) is 1.99. The van der Waals surface area contributed by atoms with Gasteiger partial charge in [-0.05, 0) is 51.5 Å². The molecule has 1 heterocycles. The van der Waals surface area contributed by atoms with E-state index < -0.39 is 12.1 Å². The molecule has 23 heavy (non-hydrogen) atoms. The largest absolute Gasteiger partial charge is 0.453 e. The van der Waals surface area contributed by atoms with Gasteiger partial charge in [-0.15, -0.1) is 0 Å². The van der Waals surface area contributed by atoms with Gasteiger partial charge in [0, 0.05) is 19.1 Å². The number of hydrogen-bond donors (Lipinski definition) is 2. The van der Waals surface area contributed by atoms with Crippen molar-refractivity contribution in [1.82, 2.24) is 15.5 Å². The fourth-order valence-corrected chi connectivity index (χ4v) is 3.01. The summed E-state index contributed by atoms with van der Waals surface area (Å²) in [5.74, 6) is 0.674. The van der Waals surface area contributed by atoms with Gasteiger partial charge in [-0.2, -0.15) is 0 Å². The summed E-state index contributed by atoms with van der Waals surface area (Å²) in [6, 6.07) is 0.00965. The Bertz CT molecular complexity index is 385. The van der Waals surface area contributed by atoms with E-state index in [2.05, 4.69) is 34.1 Å². The maximum Gasteiger partial charge on any atom is 0.407 e. The van der Waals surface area contributed by atoms with Gasteiger partial charge in [-0.1, -0.05) is 13.8 Å². The van der Waals surface area contributed by atoms with Crippen molar-refractivity contribution in [2.45, 2.75) is 59.0 Å². The molecule has 0 radical (unpaired) electrons. The van der Waals surface area contributed by atoms with Crippen molar-refractivity contribution in [2.24, 2.45) is 11.8 Å². The number of amides is 2. The Morgan fingerprint density at radius 3 is 2.52 bits per heavy atom. The molecule has 2 amide bonds. The second kappa shape index (κ2) is 9.75. The Morgan fingerprint density at radius 2 is 1.96 bits per heavy atom. The number of carbonyl (C=O) groups is 2. The van der Waals surface area contributed by atoms with E-state index >= 15 is 0 Å². The maximum absolute atomic E-state index is 12.4. The average Bonchev–Trinajstić information content (AvgIpc) is 2.51. The zero-order valence-electron chi connectivity index (χ0n) is 15.2. The van der Waals surface area contributed by atoms with Gasteiger partial charge < -0.3 is 20.3 Å². The van der Waals surface area contributed by atoms with E-state index in [1.165, 1.54) is 13.5 Å². The van der Waals surface area contributed by atoms with E-state index in [4.69, 9.17) is 0 Å². The molecule has 0 bridgehead atoms. The Hall–Kier alpha value is -1.30. The van der Waals surface area contributed by atoms with Gasteiger partial charge >= 0.3 is 6.09 Å². The van der Waals surface area contributed by atoms with Gasteiger partial charge in [0.25, 0.3) is 0 Å². The van der Waals surface area contributed by atoms with E-state index in [-0.39, 0.29) is 5.91 Å². The number of likely N-dealkylation sites (tertiary alicyclic amines) is 1. The minimum absolute atomic E-state index is 0.120. The molecular formula is C17H33N3O3. The number of nitrogens with one attached hydrogen (secondary N) is 2. The SMILES string of the molecule is COC(=O)NC(CC(C)C)C(=O)NCC1CCCN(C(C)C)C1. The first-order chi connectivity index (χ1) is 10.8. The molecule has 2 N–H and O–H groups in total. The number of rotatable bonds is 7. The quantitative estimate of drug-likeness (QED) is 0.750. The van der Waals surface area contributed by atoms with E-state index in [9.17, 15) is 9.59 Å². The number of alkyl carbamates (subject to hydrolysis) is 1. The lowest BCUT2D eigenvalue weighted by atomic mass is 9.96. The van der Waals surface area contributed by atoms with Crippen LogP contribution in [0.1, 0.15) is 47.0 Å². The lowest BCUT2D eigenvalue weighted by Crippen LogP contribution is -2.50. The molecule has 0 aromatic heterocycles. The number of ether oxygens (including phenoxy) is 1. The van der Waals surface area contributed by atoms with Crippen LogP contribution < -0.4 is 10.6 Å². The topological polar surface area (TPSA) is 70.7 Å². The highest BCUT2D eigenvalue weighted by atomic mass is 16.5. The van der Waals surface area contributed by atoms with Crippen LogP contribution in [0.15, 0.2) is 0 Å². The minimum atomic E-state index is -0.561. The Kier molecular flexibility index (Phi) is 8.37. The fraction of sp³-hybridized carbons (Fsp3) is 0.882. The van der Waals surface area contributed by atoms with Crippen LogP contribution in [0.25, 0.3) is 0 Å². The van der Waals surface area contributed by atoms with Crippen molar-refractivity contribution in [3.63, 3.8) is 0 Å². The van der Waals surface area contributed by atoms with Crippen molar-refractivity contribution in [3.05, 3.63) is 0 Å². The summed E-state index contributed by atoms with van der Waals surface area (Å²) in [6.45, 7) is 11.3. The third kappa shape index (κ3) is 7.20. The highest BCUT2D eigenvalue weighted by Crippen LogP contribution is 2.17. The van der Waals surface area contributed by atoms with Crippen LogP contribution in [0.2, 0.25) is 0 Å². The zero-order valence-corrected chi connectivity index (χ0v) is 15.2. The third-order valence-corrected chi connectivity index (χ3v) is 4.35. The fourth-order valence-electron chi connectivity index (χ4n) is 3.01. The summed E-state index contributed by atoms with van der Waals surface area (Å²) in [5, 5.41) is 5.64. The second-order valence-corrected chi connectivity index (χ2v) is 7.16. The minimum Gasteiger partial charge on any atom is -0.453 e. The van der Waals surface area contributed by atoms with E-state index in [0.29, 0.717) is 30.8 Å². The van der Waals surface area contributed by atoms with E-state index in [0.717, 1.165) is 19.5 Å². The van der Waals surface area contributed by atoms with Gasteiger partial charge in [0.05, 0.1) is 7.11 Å². The number of carbonyl (C=O) groups excluding carboxylic acids is 2. The molecular weight excluding hydrogens is 294 g/mol. The Balaban J connectivity index is 2.49. The first kappa shape index (κ1) is 19.7. The predicted molar refractivity (Wildman–Crippen MR) is 91.2 cm³/mol. The summed E-state index contributed by atoms with van der Waals surface area (Å²) in [7, 11) is 1.31. The average molecular weight is 327 g/mol. The molecule has 1 fully saturated rings. The molecule has 0 spiro atoms. The summed E-state index contributed by atoms with van der Waals surface area (Å²) >= 11 is 0. The van der Waals surface area contributed by atoms with Crippen LogP contribution in [-0.2, 0) is 9.53 Å². The van der Waals surface area contributed by atoms with Gasteiger partial charge in [-0.25, -0.2) is 4.79 Å². The molecule has 2 unspecified atom stereocenters. The third-order valence-electron chi connectivity index (χ3n) is 4.35. The summed E-state index contributed by atoms with van der Waals surface area (Å²) in [6.07, 6.45) is 2.36. The van der Waals surface area contributed by atoms with Crippen LogP contribution >= 0.6 is 0 Å². The molecule has 2 atom stereocenters. The Morgan fingerprint density at radius 1 is 1.26 bits per heavy atom. The van der Waals surface area contributed by atoms with Crippen LogP contribution in [0.4, 0.5) is 4.79 Å². The molecule has 0 aromatic carbocycles. The van der Waals surface area contributed by atoms with Crippen LogP contribution in [0.5, 0.6) is 0 Å². The number of methoxy groups -OCH3 is 1. The standard InChI is InChI=1S/C17H33N3O3/c1-12(2)9-15(19-17(22)23-5)16(21)18-10-14-7-6-8-20(11-14)13(3)4/h12-15H,6-11H2,1-5H3,(H,18,21)(H,19,22). The second-order valence-electron chi connectivity index (χ2n) is 7.16. The highest BCUT2D eigenvalue weighted by Gasteiger charge is 2.25. The number of piperidine rings is 1. The van der Waals surface area contributed by atoms with E-state index in [1.807, 2.05) is 13.8 Å². The van der Waals surface area contributed by atoms with Crippen molar-refractivity contribution in [2.75, 3.05) is 26.7 Å². The number of hydrogen-bond acceptors (Lipinski definition) is 4. The monoisotopic (exact) mass is 327 g/mol. The molecule has 0 aromatic rings. The summed E-state index contributed by atoms with van der Waals surface area (Å²) in [4.78, 5) is 26.3. The number of nitrogens with zero attached hydrogens (tertiary/aromatic N) is 1. The summed E-state index contributed by atoms with van der Waals surface area (Å²) in [5.41, 5.74) is 0. The first-order valence-electron chi connectivity index (χ1n) is 8.69. The molecule has 6 nitrogen and oxygen atoms in total. The molecule has 1 aliphatic heterocycles. The zero-order chi connectivity index (χ0) is 17.4. The van der Waals surface area contributed by atoms with Crippen molar-refractivity contribution in [3.8, 4) is 0 Å². The lowest BCUT2D eigenvalue weighted by Gasteiger charge is -2.35. The van der Waals surface area contributed by atoms with Crippen molar-refractivity contribution in [1.29, 1.82) is 0 Å². The van der Waals surface area contributed by atoms with Crippen molar-refractivity contribution < 1.29 is 14.3 Å². The highest BCUT2D eigenvalue weighted by molar-refractivity contribution is 5.85. The normalized spacial score (nSPS) is 20.4. The van der Waals surface area contributed by atoms with Crippen molar-refractivity contribution >= 4 is 12.0 Å².